The van der Waals surface area contributed by atoms with Crippen LogP contribution in [0, 0.1) is 11.3 Å². The Hall–Kier alpha value is -1.26. The van der Waals surface area contributed by atoms with E-state index in [2.05, 4.69) is 4.37 Å². The predicted molar refractivity (Wildman–Crippen MR) is 48.4 cm³/mol. The molecule has 0 bridgehead atoms. The van der Waals surface area contributed by atoms with E-state index in [1.54, 1.807) is 6.07 Å². The molecule has 5 nitrogen and oxygen atoms in total. The van der Waals surface area contributed by atoms with E-state index < -0.39 is 5.91 Å². The number of nitriles is 1. The van der Waals surface area contributed by atoms with Crippen molar-refractivity contribution in [2.75, 3.05) is 5.75 Å². The monoisotopic (exact) mass is 215 g/mol. The van der Waals surface area contributed by atoms with Crippen molar-refractivity contribution in [2.24, 2.45) is 5.73 Å². The van der Waals surface area contributed by atoms with Crippen molar-refractivity contribution in [2.45, 2.75) is 4.21 Å². The normalized spacial score (nSPS) is 9.46. The molecular formula is C6H5N3O2S2. The summed E-state index contributed by atoms with van der Waals surface area (Å²) in [5.74, 6) is -0.683. The maximum atomic E-state index is 10.4. The van der Waals surface area contributed by atoms with Crippen LogP contribution in [0.3, 0.4) is 0 Å². The third kappa shape index (κ3) is 2.34. The van der Waals surface area contributed by atoms with Crippen molar-refractivity contribution in [3.05, 3.63) is 5.56 Å². The fourth-order valence-corrected chi connectivity index (χ4v) is 2.14. The Kier molecular flexibility index (Phi) is 3.11. The number of aromatic hydroxyl groups is 1. The van der Waals surface area contributed by atoms with Crippen molar-refractivity contribution in [3.8, 4) is 11.9 Å². The van der Waals surface area contributed by atoms with Gasteiger partial charge in [0.25, 0.3) is 0 Å². The minimum atomic E-state index is -0.471. The zero-order chi connectivity index (χ0) is 9.84. The largest absolute Gasteiger partial charge is 0.492 e. The molecule has 0 radical (unpaired) electrons. The van der Waals surface area contributed by atoms with E-state index in [0.29, 0.717) is 4.21 Å². The van der Waals surface area contributed by atoms with Gasteiger partial charge in [-0.25, -0.2) is 0 Å². The molecule has 7 heteroatoms. The lowest BCUT2D eigenvalue weighted by molar-refractivity contribution is -0.115. The standard InChI is InChI=1S/C6H5N3O2S2/c7-1-3-5(11)9-13-6(3)12-2-4(8)10/h2H2,(H2,8,10)(H,9,11). The second-order valence-corrected chi connectivity index (χ2v) is 4.05. The van der Waals surface area contributed by atoms with Gasteiger partial charge in [-0.05, 0) is 11.5 Å². The van der Waals surface area contributed by atoms with Gasteiger partial charge in [-0.15, -0.1) is 11.8 Å². The van der Waals surface area contributed by atoms with Crippen LogP contribution in [0.2, 0.25) is 0 Å². The number of nitrogens with zero attached hydrogens (tertiary/aromatic N) is 2. The number of rotatable bonds is 3. The highest BCUT2D eigenvalue weighted by Crippen LogP contribution is 2.32. The first-order valence-electron chi connectivity index (χ1n) is 3.15. The van der Waals surface area contributed by atoms with Gasteiger partial charge >= 0.3 is 0 Å². The van der Waals surface area contributed by atoms with Crippen LogP contribution in [0.1, 0.15) is 5.56 Å². The summed E-state index contributed by atoms with van der Waals surface area (Å²) < 4.78 is 4.08. The van der Waals surface area contributed by atoms with Crippen LogP contribution in [-0.2, 0) is 4.79 Å². The molecule has 0 aromatic carbocycles. The summed E-state index contributed by atoms with van der Waals surface area (Å²) in [5, 5.41) is 17.6. The molecule has 0 aliphatic heterocycles. The van der Waals surface area contributed by atoms with Crippen LogP contribution in [0.25, 0.3) is 0 Å². The molecule has 0 fully saturated rings. The maximum absolute atomic E-state index is 10.4. The summed E-state index contributed by atoms with van der Waals surface area (Å²) in [6.07, 6.45) is 0. The van der Waals surface area contributed by atoms with Crippen molar-refractivity contribution in [1.29, 1.82) is 5.26 Å². The highest BCUT2D eigenvalue weighted by molar-refractivity contribution is 8.01. The summed E-state index contributed by atoms with van der Waals surface area (Å²) >= 11 is 2.07. The first kappa shape index (κ1) is 9.83. The molecule has 0 saturated carbocycles. The Morgan fingerprint density at radius 3 is 3.08 bits per heavy atom. The number of hydrogen-bond acceptors (Lipinski definition) is 6. The third-order valence-corrected chi connectivity index (χ3v) is 3.21. The number of carbonyl (C=O) groups excluding carboxylic acids is 1. The van der Waals surface area contributed by atoms with E-state index in [0.717, 1.165) is 23.3 Å². The predicted octanol–water partition coefficient (Wildman–Crippen LogP) is 0.298. The zero-order valence-electron chi connectivity index (χ0n) is 6.35. The highest BCUT2D eigenvalue weighted by atomic mass is 32.2. The van der Waals surface area contributed by atoms with Crippen molar-refractivity contribution >= 4 is 29.2 Å². The van der Waals surface area contributed by atoms with Crippen LogP contribution in [0.15, 0.2) is 4.21 Å². The Morgan fingerprint density at radius 1 is 1.85 bits per heavy atom. The lowest BCUT2D eigenvalue weighted by atomic mass is 10.4. The van der Waals surface area contributed by atoms with Gasteiger partial charge in [0.05, 0.1) is 5.75 Å². The van der Waals surface area contributed by atoms with Gasteiger partial charge in [-0.1, -0.05) is 0 Å². The average molecular weight is 215 g/mol. The SMILES string of the molecule is N#Cc1c(O)nsc1SCC(N)=O. The molecule has 1 aromatic heterocycles. The fourth-order valence-electron chi connectivity index (χ4n) is 0.598. The molecule has 1 rings (SSSR count). The molecule has 0 saturated heterocycles. The second kappa shape index (κ2) is 4.11. The Labute approximate surface area is 82.3 Å². The van der Waals surface area contributed by atoms with Gasteiger partial charge in [0.2, 0.25) is 11.8 Å². The number of aromatic nitrogens is 1. The summed E-state index contributed by atoms with van der Waals surface area (Å²) in [4.78, 5) is 10.4. The minimum absolute atomic E-state index is 0.0797. The van der Waals surface area contributed by atoms with E-state index in [4.69, 9.17) is 16.1 Å². The van der Waals surface area contributed by atoms with Gasteiger partial charge in [-0.2, -0.15) is 9.64 Å². The Balaban J connectivity index is 2.78. The van der Waals surface area contributed by atoms with Crippen LogP contribution in [0.4, 0.5) is 0 Å². The average Bonchev–Trinajstić information content (AvgIpc) is 2.42. The Bertz CT molecular complexity index is 368. The zero-order valence-corrected chi connectivity index (χ0v) is 7.98. The number of nitrogens with two attached hydrogens (primary N) is 1. The van der Waals surface area contributed by atoms with E-state index >= 15 is 0 Å². The summed E-state index contributed by atoms with van der Waals surface area (Å²) in [6.45, 7) is 0. The highest BCUT2D eigenvalue weighted by Gasteiger charge is 2.13. The molecule has 1 amide bonds. The summed E-state index contributed by atoms with van der Waals surface area (Å²) in [7, 11) is 0. The van der Waals surface area contributed by atoms with E-state index in [9.17, 15) is 4.79 Å². The van der Waals surface area contributed by atoms with Crippen molar-refractivity contribution in [3.63, 3.8) is 0 Å². The molecule has 0 aliphatic rings. The second-order valence-electron chi connectivity index (χ2n) is 2.04. The van der Waals surface area contributed by atoms with Gasteiger partial charge in [-0.3, -0.25) is 4.79 Å². The van der Waals surface area contributed by atoms with Crippen LogP contribution < -0.4 is 5.73 Å². The van der Waals surface area contributed by atoms with Gasteiger partial charge in [0.15, 0.2) is 0 Å². The van der Waals surface area contributed by atoms with E-state index in [1.165, 1.54) is 0 Å². The number of primary amides is 1. The molecule has 0 unspecified atom stereocenters. The number of carbonyl (C=O) groups is 1. The van der Waals surface area contributed by atoms with Crippen LogP contribution in [0.5, 0.6) is 5.88 Å². The molecule has 0 spiro atoms. The van der Waals surface area contributed by atoms with E-state index in [-0.39, 0.29) is 17.2 Å². The van der Waals surface area contributed by atoms with Crippen molar-refractivity contribution in [1.82, 2.24) is 4.37 Å². The first-order chi connectivity index (χ1) is 6.15. The number of thioether (sulfide) groups is 1. The smallest absolute Gasteiger partial charge is 0.242 e. The molecule has 1 aromatic rings. The minimum Gasteiger partial charge on any atom is -0.492 e. The molecule has 0 aliphatic carbocycles. The molecule has 3 N–H and O–H groups in total. The number of hydrogen-bond donors (Lipinski definition) is 2. The molecular weight excluding hydrogens is 210 g/mol. The molecule has 13 heavy (non-hydrogen) atoms. The van der Waals surface area contributed by atoms with Gasteiger partial charge < -0.3 is 10.8 Å². The first-order valence-corrected chi connectivity index (χ1v) is 4.91. The molecule has 1 heterocycles. The van der Waals surface area contributed by atoms with Gasteiger partial charge in [0, 0.05) is 0 Å². The summed E-state index contributed by atoms with van der Waals surface area (Å²) in [6, 6.07) is 1.79. The third-order valence-electron chi connectivity index (χ3n) is 1.10. The molecule has 0 atom stereocenters. The lowest BCUT2D eigenvalue weighted by Crippen LogP contribution is -2.12. The van der Waals surface area contributed by atoms with Crippen LogP contribution >= 0.6 is 23.3 Å². The summed E-state index contributed by atoms with van der Waals surface area (Å²) in [5.41, 5.74) is 5.03. The topological polar surface area (TPSA) is 100 Å². The van der Waals surface area contributed by atoms with Crippen molar-refractivity contribution < 1.29 is 9.90 Å². The molecule has 68 valence electrons. The lowest BCUT2D eigenvalue weighted by Gasteiger charge is -1.92. The van der Waals surface area contributed by atoms with Crippen LogP contribution in [-0.4, -0.2) is 21.1 Å². The van der Waals surface area contributed by atoms with Gasteiger partial charge in [0.1, 0.15) is 15.8 Å². The quantitative estimate of drug-likeness (QED) is 0.706. The van der Waals surface area contributed by atoms with E-state index in [1.807, 2.05) is 0 Å². The fraction of sp³-hybridized carbons (Fsp3) is 0.167. The number of amides is 1. The Morgan fingerprint density at radius 2 is 2.54 bits per heavy atom. The maximum Gasteiger partial charge on any atom is 0.242 e.